The molecular weight excluding hydrogens is 436 g/mol. The number of rotatable bonds is 3. The van der Waals surface area contributed by atoms with Crippen molar-refractivity contribution in [1.29, 1.82) is 0 Å². The average Bonchev–Trinajstić information content (AvgIpc) is 3.11. The maximum absolute atomic E-state index is 13.6. The van der Waals surface area contributed by atoms with E-state index in [0.717, 1.165) is 45.2 Å². The molecule has 0 N–H and O–H groups in total. The summed E-state index contributed by atoms with van der Waals surface area (Å²) in [5, 5.41) is 2.22. The number of carbonyl (C=O) groups excluding carboxylic acids is 1. The van der Waals surface area contributed by atoms with Crippen LogP contribution in [-0.4, -0.2) is 11.7 Å². The second-order valence-corrected chi connectivity index (χ2v) is 8.94. The summed E-state index contributed by atoms with van der Waals surface area (Å²) in [7, 11) is 0. The van der Waals surface area contributed by atoms with Gasteiger partial charge in [0.1, 0.15) is 11.5 Å². The van der Waals surface area contributed by atoms with Gasteiger partial charge >= 0.3 is 0 Å². The Morgan fingerprint density at radius 2 is 1.63 bits per heavy atom. The Bertz CT molecular complexity index is 1150. The number of anilines is 1. The molecule has 2 aliphatic rings. The first-order valence-electron chi connectivity index (χ1n) is 10.6. The van der Waals surface area contributed by atoms with Gasteiger partial charge in [0, 0.05) is 15.8 Å². The molecule has 0 unspecified atom stereocenters. The molecule has 0 aromatic heterocycles. The van der Waals surface area contributed by atoms with Crippen molar-refractivity contribution in [2.24, 2.45) is 10.9 Å². The fraction of sp³-hybridized carbons (Fsp3) is 0.231. The van der Waals surface area contributed by atoms with E-state index in [1.165, 1.54) is 19.3 Å². The number of hydrogen-bond donors (Lipinski definition) is 0. The molecule has 3 aromatic carbocycles. The van der Waals surface area contributed by atoms with E-state index in [-0.39, 0.29) is 5.91 Å². The Labute approximate surface area is 185 Å². The van der Waals surface area contributed by atoms with Crippen molar-refractivity contribution in [3.8, 4) is 0 Å². The van der Waals surface area contributed by atoms with Crippen LogP contribution in [0, 0.1) is 5.92 Å². The molecule has 0 radical (unpaired) electrons. The first-order chi connectivity index (χ1) is 14.7. The molecule has 1 aliphatic heterocycles. The number of halogens is 1. The van der Waals surface area contributed by atoms with Crippen molar-refractivity contribution in [2.75, 3.05) is 4.90 Å². The summed E-state index contributed by atoms with van der Waals surface area (Å²) < 4.78 is 1.02. The van der Waals surface area contributed by atoms with Gasteiger partial charge in [-0.05, 0) is 48.1 Å². The minimum Gasteiger partial charge on any atom is -0.266 e. The third kappa shape index (κ3) is 3.61. The normalized spacial score (nSPS) is 19.0. The molecule has 1 aliphatic carbocycles. The van der Waals surface area contributed by atoms with E-state index in [1.54, 1.807) is 0 Å². The predicted octanol–water partition coefficient (Wildman–Crippen LogP) is 6.97. The van der Waals surface area contributed by atoms with Crippen LogP contribution in [0.3, 0.4) is 0 Å². The first-order valence-corrected chi connectivity index (χ1v) is 11.4. The quantitative estimate of drug-likeness (QED) is 0.390. The van der Waals surface area contributed by atoms with Gasteiger partial charge in [0.25, 0.3) is 5.91 Å². The second kappa shape index (κ2) is 8.19. The summed E-state index contributed by atoms with van der Waals surface area (Å²) in [6.45, 7) is 0. The van der Waals surface area contributed by atoms with Crippen LogP contribution < -0.4 is 4.90 Å². The van der Waals surface area contributed by atoms with Gasteiger partial charge in [0.05, 0.1) is 5.69 Å². The molecule has 3 aromatic rings. The van der Waals surface area contributed by atoms with Crippen molar-refractivity contribution in [3.63, 3.8) is 0 Å². The number of benzene rings is 3. The predicted molar refractivity (Wildman–Crippen MR) is 128 cm³/mol. The highest BCUT2D eigenvalue weighted by atomic mass is 79.9. The zero-order valence-electron chi connectivity index (χ0n) is 16.7. The monoisotopic (exact) mass is 458 g/mol. The van der Waals surface area contributed by atoms with Crippen LogP contribution in [0.15, 0.2) is 81.9 Å². The number of nitrogens with zero attached hydrogens (tertiary/aromatic N) is 2. The number of carbonyl (C=O) groups is 1. The van der Waals surface area contributed by atoms with Crippen LogP contribution in [0.25, 0.3) is 16.8 Å². The lowest BCUT2D eigenvalue weighted by atomic mass is 9.88. The lowest BCUT2D eigenvalue weighted by molar-refractivity contribution is -0.113. The number of hydrogen-bond acceptors (Lipinski definition) is 2. The highest BCUT2D eigenvalue weighted by Gasteiger charge is 2.36. The summed E-state index contributed by atoms with van der Waals surface area (Å²) in [6.07, 6.45) is 7.77. The molecule has 0 spiro atoms. The first kappa shape index (κ1) is 19.3. The molecule has 30 heavy (non-hydrogen) atoms. The van der Waals surface area contributed by atoms with Gasteiger partial charge in [-0.25, -0.2) is 4.99 Å². The van der Waals surface area contributed by atoms with E-state index in [4.69, 9.17) is 4.99 Å². The van der Waals surface area contributed by atoms with Gasteiger partial charge in [0.2, 0.25) is 0 Å². The molecule has 5 rings (SSSR count). The van der Waals surface area contributed by atoms with Gasteiger partial charge in [-0.15, -0.1) is 0 Å². The number of fused-ring (bicyclic) bond motifs is 1. The van der Waals surface area contributed by atoms with E-state index in [2.05, 4.69) is 34.1 Å². The Kier molecular flexibility index (Phi) is 5.26. The van der Waals surface area contributed by atoms with Crippen molar-refractivity contribution in [2.45, 2.75) is 32.1 Å². The Morgan fingerprint density at radius 1 is 0.900 bits per heavy atom. The molecule has 1 saturated carbocycles. The lowest BCUT2D eigenvalue weighted by Gasteiger charge is -2.28. The van der Waals surface area contributed by atoms with Crippen LogP contribution in [0.4, 0.5) is 5.69 Å². The molecule has 0 atom stereocenters. The molecule has 1 fully saturated rings. The lowest BCUT2D eigenvalue weighted by Crippen LogP contribution is -2.37. The average molecular weight is 459 g/mol. The summed E-state index contributed by atoms with van der Waals surface area (Å²) in [4.78, 5) is 20.4. The van der Waals surface area contributed by atoms with E-state index < -0.39 is 0 Å². The number of amides is 1. The van der Waals surface area contributed by atoms with E-state index in [1.807, 2.05) is 59.5 Å². The van der Waals surface area contributed by atoms with Crippen LogP contribution in [-0.2, 0) is 4.79 Å². The molecule has 4 heteroatoms. The molecule has 1 amide bonds. The van der Waals surface area contributed by atoms with Crippen molar-refractivity contribution in [1.82, 2.24) is 0 Å². The smallest absolute Gasteiger partial charge is 0.266 e. The van der Waals surface area contributed by atoms with Gasteiger partial charge in [0.15, 0.2) is 0 Å². The summed E-state index contributed by atoms with van der Waals surface area (Å²) in [5.41, 5.74) is 2.43. The van der Waals surface area contributed by atoms with E-state index >= 15 is 0 Å². The molecule has 0 saturated heterocycles. The number of aliphatic imine (C=N–C) groups is 1. The third-order valence-corrected chi connectivity index (χ3v) is 6.57. The van der Waals surface area contributed by atoms with Crippen LogP contribution in [0.1, 0.15) is 37.7 Å². The minimum atomic E-state index is -0.0326. The van der Waals surface area contributed by atoms with Crippen molar-refractivity contribution in [3.05, 3.63) is 82.5 Å². The molecule has 0 bridgehead atoms. The van der Waals surface area contributed by atoms with E-state index in [9.17, 15) is 4.79 Å². The third-order valence-electron chi connectivity index (χ3n) is 6.04. The Balaban J connectivity index is 1.62. The topological polar surface area (TPSA) is 32.7 Å². The second-order valence-electron chi connectivity index (χ2n) is 8.02. The summed E-state index contributed by atoms with van der Waals surface area (Å²) in [5.74, 6) is 1.21. The van der Waals surface area contributed by atoms with Crippen molar-refractivity contribution < 1.29 is 4.79 Å². The van der Waals surface area contributed by atoms with Crippen LogP contribution in [0.5, 0.6) is 0 Å². The zero-order valence-corrected chi connectivity index (χ0v) is 18.3. The molecule has 1 heterocycles. The molecule has 150 valence electrons. The zero-order chi connectivity index (χ0) is 20.5. The maximum atomic E-state index is 13.6. The Hall–Kier alpha value is -2.72. The molecule has 3 nitrogen and oxygen atoms in total. The largest absolute Gasteiger partial charge is 0.282 e. The van der Waals surface area contributed by atoms with Gasteiger partial charge in [-0.2, -0.15) is 0 Å². The SMILES string of the molecule is O=C1/C(=C\c2ccc(Br)cc2)N=C(C2CCCCC2)N1c1cccc2ccccc12. The fourth-order valence-electron chi connectivity index (χ4n) is 4.52. The minimum absolute atomic E-state index is 0.0326. The summed E-state index contributed by atoms with van der Waals surface area (Å²) >= 11 is 3.47. The van der Waals surface area contributed by atoms with Crippen molar-refractivity contribution >= 4 is 50.2 Å². The highest BCUT2D eigenvalue weighted by Crippen LogP contribution is 2.36. The molecular formula is C26H23BrN2O. The van der Waals surface area contributed by atoms with Gasteiger partial charge < -0.3 is 0 Å². The van der Waals surface area contributed by atoms with Crippen LogP contribution >= 0.6 is 15.9 Å². The van der Waals surface area contributed by atoms with Gasteiger partial charge in [-0.1, -0.05) is 83.7 Å². The fourth-order valence-corrected chi connectivity index (χ4v) is 4.79. The summed E-state index contributed by atoms with van der Waals surface area (Å²) in [6, 6.07) is 22.4. The number of amidine groups is 1. The van der Waals surface area contributed by atoms with Gasteiger partial charge in [-0.3, -0.25) is 9.69 Å². The van der Waals surface area contributed by atoms with E-state index in [0.29, 0.717) is 11.6 Å². The standard InChI is InChI=1S/C26H23BrN2O/c27-21-15-13-18(14-16-21)17-23-26(30)29(25(28-23)20-8-2-1-3-9-20)24-12-6-10-19-7-4-5-11-22(19)24/h4-7,10-17,20H,1-3,8-9H2/b23-17+. The maximum Gasteiger partial charge on any atom is 0.282 e. The highest BCUT2D eigenvalue weighted by molar-refractivity contribution is 9.10. The van der Waals surface area contributed by atoms with Crippen LogP contribution in [0.2, 0.25) is 0 Å². The Morgan fingerprint density at radius 3 is 2.43 bits per heavy atom.